The molecule has 2 atom stereocenters. The lowest BCUT2D eigenvalue weighted by Crippen LogP contribution is -2.49. The lowest BCUT2D eigenvalue weighted by molar-refractivity contribution is 0.0861. The third-order valence-electron chi connectivity index (χ3n) is 4.43. The predicted octanol–water partition coefficient (Wildman–Crippen LogP) is 2.41. The number of ether oxygens (including phenoxy) is 1. The lowest BCUT2D eigenvalue weighted by Gasteiger charge is -2.39. The number of hydrogen-bond acceptors (Lipinski definition) is 3. The molecular formula is C15H30N2O. The van der Waals surface area contributed by atoms with Crippen LogP contribution in [-0.2, 0) is 4.74 Å². The van der Waals surface area contributed by atoms with Gasteiger partial charge in [-0.25, -0.2) is 0 Å². The first-order valence-corrected chi connectivity index (χ1v) is 7.92. The highest BCUT2D eigenvalue weighted by atomic mass is 16.5. The summed E-state index contributed by atoms with van der Waals surface area (Å²) in [6.07, 6.45) is 7.91. The molecule has 2 unspecified atom stereocenters. The minimum Gasteiger partial charge on any atom is -0.381 e. The maximum absolute atomic E-state index is 5.59. The molecule has 2 heterocycles. The fourth-order valence-electron chi connectivity index (χ4n) is 3.69. The van der Waals surface area contributed by atoms with Crippen molar-refractivity contribution in [2.75, 3.05) is 26.3 Å². The van der Waals surface area contributed by atoms with Crippen molar-refractivity contribution in [2.45, 2.75) is 70.5 Å². The Hall–Kier alpha value is -0.120. The van der Waals surface area contributed by atoms with Crippen molar-refractivity contribution in [2.24, 2.45) is 0 Å². The van der Waals surface area contributed by atoms with Crippen molar-refractivity contribution in [3.63, 3.8) is 0 Å². The van der Waals surface area contributed by atoms with E-state index < -0.39 is 0 Å². The van der Waals surface area contributed by atoms with E-state index in [0.29, 0.717) is 0 Å². The molecule has 3 nitrogen and oxygen atoms in total. The van der Waals surface area contributed by atoms with Crippen LogP contribution in [0.15, 0.2) is 0 Å². The van der Waals surface area contributed by atoms with Gasteiger partial charge in [-0.05, 0) is 45.1 Å². The number of piperidine rings is 1. The van der Waals surface area contributed by atoms with Crippen molar-refractivity contribution in [3.05, 3.63) is 0 Å². The van der Waals surface area contributed by atoms with Crippen LogP contribution in [0.4, 0.5) is 0 Å². The molecule has 3 heteroatoms. The van der Waals surface area contributed by atoms with Crippen LogP contribution in [0.5, 0.6) is 0 Å². The Labute approximate surface area is 112 Å². The van der Waals surface area contributed by atoms with Gasteiger partial charge in [0.2, 0.25) is 0 Å². The van der Waals surface area contributed by atoms with E-state index in [1.165, 1.54) is 38.6 Å². The van der Waals surface area contributed by atoms with Gasteiger partial charge >= 0.3 is 0 Å². The summed E-state index contributed by atoms with van der Waals surface area (Å²) in [5, 5.41) is 3.64. The van der Waals surface area contributed by atoms with Gasteiger partial charge < -0.3 is 10.1 Å². The summed E-state index contributed by atoms with van der Waals surface area (Å²) in [5.41, 5.74) is 0. The summed E-state index contributed by atoms with van der Waals surface area (Å²) in [6.45, 7) is 8.63. The number of rotatable bonds is 8. The second kappa shape index (κ2) is 7.46. The van der Waals surface area contributed by atoms with E-state index in [-0.39, 0.29) is 0 Å². The van der Waals surface area contributed by atoms with Crippen LogP contribution in [0.1, 0.15) is 52.4 Å². The summed E-state index contributed by atoms with van der Waals surface area (Å²) in [6, 6.07) is 2.47. The topological polar surface area (TPSA) is 24.5 Å². The molecule has 0 aliphatic carbocycles. The summed E-state index contributed by atoms with van der Waals surface area (Å²) in [5.74, 6) is 0. The van der Waals surface area contributed by atoms with Crippen LogP contribution >= 0.6 is 0 Å². The summed E-state index contributed by atoms with van der Waals surface area (Å²) >= 11 is 0. The van der Waals surface area contributed by atoms with E-state index in [1.54, 1.807) is 0 Å². The Morgan fingerprint density at radius 2 is 1.83 bits per heavy atom. The molecule has 0 aromatic carbocycles. The molecule has 2 aliphatic rings. The number of nitrogens with zero attached hydrogens (tertiary/aromatic N) is 1. The first-order valence-electron chi connectivity index (χ1n) is 7.92. The fraction of sp³-hybridized carbons (Fsp3) is 1.00. The van der Waals surface area contributed by atoms with Crippen LogP contribution in [-0.4, -0.2) is 49.3 Å². The van der Waals surface area contributed by atoms with Crippen LogP contribution in [0, 0.1) is 0 Å². The molecule has 2 saturated heterocycles. The van der Waals surface area contributed by atoms with Gasteiger partial charge in [-0.1, -0.05) is 13.8 Å². The molecular weight excluding hydrogens is 224 g/mol. The van der Waals surface area contributed by atoms with E-state index in [2.05, 4.69) is 24.1 Å². The summed E-state index contributed by atoms with van der Waals surface area (Å²) < 4.78 is 5.59. The van der Waals surface area contributed by atoms with E-state index in [9.17, 15) is 0 Å². The van der Waals surface area contributed by atoms with Crippen molar-refractivity contribution in [1.82, 2.24) is 10.2 Å². The van der Waals surface area contributed by atoms with Crippen molar-refractivity contribution in [1.29, 1.82) is 0 Å². The Kier molecular flexibility index (Phi) is 5.93. The molecule has 0 amide bonds. The Morgan fingerprint density at radius 1 is 1.11 bits per heavy atom. The first kappa shape index (κ1) is 14.3. The van der Waals surface area contributed by atoms with Gasteiger partial charge in [0.1, 0.15) is 0 Å². The monoisotopic (exact) mass is 254 g/mol. The molecule has 0 aromatic rings. The molecule has 106 valence electrons. The third kappa shape index (κ3) is 3.69. The normalized spacial score (nSPS) is 32.0. The number of hydrogen-bond donors (Lipinski definition) is 1. The molecule has 2 bridgehead atoms. The zero-order valence-electron chi connectivity index (χ0n) is 12.2. The second-order valence-electron chi connectivity index (χ2n) is 5.81. The molecule has 0 radical (unpaired) electrons. The number of nitrogens with one attached hydrogen (secondary N) is 1. The highest BCUT2D eigenvalue weighted by molar-refractivity contribution is 4.97. The molecule has 2 aliphatic heterocycles. The van der Waals surface area contributed by atoms with E-state index in [1.807, 2.05) is 0 Å². The standard InChI is InChI=1S/C15H30N2O/c1-3-9-18-10-5-8-17-14-6-7-15(17)12-13(11-14)16-4-2/h13-16H,3-12H2,1-2H3. The molecule has 0 aromatic heterocycles. The van der Waals surface area contributed by atoms with E-state index in [4.69, 9.17) is 4.74 Å². The molecule has 18 heavy (non-hydrogen) atoms. The lowest BCUT2D eigenvalue weighted by atomic mass is 9.97. The average Bonchev–Trinajstić information content (AvgIpc) is 2.60. The van der Waals surface area contributed by atoms with Gasteiger partial charge in [-0.2, -0.15) is 0 Å². The highest BCUT2D eigenvalue weighted by Crippen LogP contribution is 2.35. The molecule has 1 N–H and O–H groups in total. The SMILES string of the molecule is CCCOCCCN1C2CCC1CC(NCC)C2. The first-order chi connectivity index (χ1) is 8.85. The van der Waals surface area contributed by atoms with Crippen molar-refractivity contribution in [3.8, 4) is 0 Å². The Bertz CT molecular complexity index is 221. The molecule has 0 spiro atoms. The predicted molar refractivity (Wildman–Crippen MR) is 75.9 cm³/mol. The Balaban J connectivity index is 1.68. The van der Waals surface area contributed by atoms with Gasteiger partial charge in [0, 0.05) is 37.9 Å². The maximum atomic E-state index is 5.59. The third-order valence-corrected chi connectivity index (χ3v) is 4.43. The smallest absolute Gasteiger partial charge is 0.0478 e. The summed E-state index contributed by atoms with van der Waals surface area (Å²) in [4.78, 5) is 2.77. The summed E-state index contributed by atoms with van der Waals surface area (Å²) in [7, 11) is 0. The average molecular weight is 254 g/mol. The van der Waals surface area contributed by atoms with Crippen molar-refractivity contribution < 1.29 is 4.74 Å². The fourth-order valence-corrected chi connectivity index (χ4v) is 3.69. The maximum Gasteiger partial charge on any atom is 0.0478 e. The minimum absolute atomic E-state index is 0.778. The van der Waals surface area contributed by atoms with Gasteiger partial charge in [0.05, 0.1) is 0 Å². The molecule has 2 rings (SSSR count). The zero-order chi connectivity index (χ0) is 12.8. The quantitative estimate of drug-likeness (QED) is 0.673. The van der Waals surface area contributed by atoms with E-state index in [0.717, 1.165) is 44.3 Å². The second-order valence-corrected chi connectivity index (χ2v) is 5.81. The van der Waals surface area contributed by atoms with Gasteiger partial charge in [-0.15, -0.1) is 0 Å². The van der Waals surface area contributed by atoms with Gasteiger partial charge in [0.25, 0.3) is 0 Å². The van der Waals surface area contributed by atoms with Gasteiger partial charge in [0.15, 0.2) is 0 Å². The Morgan fingerprint density at radius 3 is 2.44 bits per heavy atom. The largest absolute Gasteiger partial charge is 0.381 e. The highest BCUT2D eigenvalue weighted by Gasteiger charge is 2.39. The van der Waals surface area contributed by atoms with Crippen LogP contribution in [0.2, 0.25) is 0 Å². The van der Waals surface area contributed by atoms with Crippen LogP contribution in [0.25, 0.3) is 0 Å². The van der Waals surface area contributed by atoms with Crippen LogP contribution < -0.4 is 5.32 Å². The number of fused-ring (bicyclic) bond motifs is 2. The van der Waals surface area contributed by atoms with Gasteiger partial charge in [-0.3, -0.25) is 4.90 Å². The molecule has 0 saturated carbocycles. The zero-order valence-corrected chi connectivity index (χ0v) is 12.2. The minimum atomic E-state index is 0.778. The van der Waals surface area contributed by atoms with Crippen LogP contribution in [0.3, 0.4) is 0 Å². The molecule has 2 fully saturated rings. The van der Waals surface area contributed by atoms with Crippen molar-refractivity contribution >= 4 is 0 Å². The van der Waals surface area contributed by atoms with E-state index >= 15 is 0 Å².